The fourth-order valence-corrected chi connectivity index (χ4v) is 2.56. The fourth-order valence-electron chi connectivity index (χ4n) is 2.56. The maximum atomic E-state index is 12.5. The van der Waals surface area contributed by atoms with Gasteiger partial charge in [-0.1, -0.05) is 6.92 Å². The van der Waals surface area contributed by atoms with Crippen molar-refractivity contribution in [3.63, 3.8) is 0 Å². The minimum atomic E-state index is 0.0693. The molecule has 1 aliphatic rings. The number of carbonyl (C=O) groups is 1. The molecule has 0 aliphatic carbocycles. The van der Waals surface area contributed by atoms with E-state index in [1.165, 1.54) is 0 Å². The van der Waals surface area contributed by atoms with Gasteiger partial charge in [0.05, 0.1) is 5.69 Å². The molecule has 2 heterocycles. The molecule has 5 nitrogen and oxygen atoms in total. The summed E-state index contributed by atoms with van der Waals surface area (Å²) >= 11 is 0. The van der Waals surface area contributed by atoms with E-state index >= 15 is 0 Å². The van der Waals surface area contributed by atoms with E-state index in [1.54, 1.807) is 4.68 Å². The summed E-state index contributed by atoms with van der Waals surface area (Å²) in [4.78, 5) is 14.4. The van der Waals surface area contributed by atoms with E-state index in [1.807, 2.05) is 24.9 Å². The van der Waals surface area contributed by atoms with E-state index in [-0.39, 0.29) is 11.9 Å². The molecule has 0 bridgehead atoms. The van der Waals surface area contributed by atoms with Crippen molar-refractivity contribution in [1.82, 2.24) is 14.7 Å². The third-order valence-corrected chi connectivity index (χ3v) is 3.67. The normalized spacial score (nSPS) is 20.2. The van der Waals surface area contributed by atoms with Crippen LogP contribution in [0.2, 0.25) is 0 Å². The Morgan fingerprint density at radius 2 is 2.33 bits per heavy atom. The van der Waals surface area contributed by atoms with Crippen LogP contribution in [0.1, 0.15) is 42.4 Å². The maximum Gasteiger partial charge on any atom is 0.272 e. The van der Waals surface area contributed by atoms with Gasteiger partial charge in [-0.15, -0.1) is 0 Å². The number of carbonyl (C=O) groups excluding carboxylic acids is 1. The summed E-state index contributed by atoms with van der Waals surface area (Å²) in [7, 11) is 1.83. The zero-order chi connectivity index (χ0) is 13.1. The van der Waals surface area contributed by atoms with Crippen LogP contribution in [-0.4, -0.2) is 39.7 Å². The van der Waals surface area contributed by atoms with Crippen molar-refractivity contribution in [3.8, 4) is 0 Å². The SMILES string of the molecule is CCc1cc(C(=O)N2CCCCC2CN)n(C)n1. The number of hydrogen-bond donors (Lipinski definition) is 1. The summed E-state index contributed by atoms with van der Waals surface area (Å²) in [6, 6.07) is 2.08. The van der Waals surface area contributed by atoms with Gasteiger partial charge >= 0.3 is 0 Å². The van der Waals surface area contributed by atoms with Gasteiger partial charge in [0.2, 0.25) is 0 Å². The van der Waals surface area contributed by atoms with Crippen molar-refractivity contribution < 1.29 is 4.79 Å². The molecule has 5 heteroatoms. The molecule has 1 aliphatic heterocycles. The van der Waals surface area contributed by atoms with Crippen molar-refractivity contribution >= 4 is 5.91 Å². The van der Waals surface area contributed by atoms with E-state index in [4.69, 9.17) is 5.73 Å². The molecule has 0 saturated carbocycles. The second kappa shape index (κ2) is 5.52. The number of nitrogens with zero attached hydrogens (tertiary/aromatic N) is 3. The standard InChI is InChI=1S/C13H22N4O/c1-3-10-8-12(16(2)15-10)13(18)17-7-5-4-6-11(17)9-14/h8,11H,3-7,9,14H2,1-2H3. The van der Waals surface area contributed by atoms with Crippen LogP contribution in [0.15, 0.2) is 6.07 Å². The molecular formula is C13H22N4O. The molecule has 1 amide bonds. The van der Waals surface area contributed by atoms with E-state index in [0.717, 1.165) is 37.9 Å². The van der Waals surface area contributed by atoms with Gasteiger partial charge < -0.3 is 10.6 Å². The van der Waals surface area contributed by atoms with Crippen molar-refractivity contribution in [2.45, 2.75) is 38.6 Å². The third kappa shape index (κ3) is 2.41. The molecule has 0 spiro atoms. The molecule has 1 aromatic rings. The van der Waals surface area contributed by atoms with Gasteiger partial charge in [-0.05, 0) is 31.7 Å². The second-order valence-electron chi connectivity index (χ2n) is 4.88. The minimum absolute atomic E-state index is 0.0693. The molecule has 0 aromatic carbocycles. The number of rotatable bonds is 3. The lowest BCUT2D eigenvalue weighted by molar-refractivity contribution is 0.0612. The first-order valence-electron chi connectivity index (χ1n) is 6.71. The van der Waals surface area contributed by atoms with Crippen LogP contribution in [0, 0.1) is 0 Å². The largest absolute Gasteiger partial charge is 0.333 e. The molecule has 1 aromatic heterocycles. The Kier molecular flexibility index (Phi) is 4.01. The smallest absolute Gasteiger partial charge is 0.272 e. The number of amides is 1. The maximum absolute atomic E-state index is 12.5. The Labute approximate surface area is 108 Å². The van der Waals surface area contributed by atoms with Gasteiger partial charge in [0.25, 0.3) is 5.91 Å². The first kappa shape index (κ1) is 13.1. The summed E-state index contributed by atoms with van der Waals surface area (Å²) in [6.45, 7) is 3.40. The lowest BCUT2D eigenvalue weighted by Crippen LogP contribution is -2.47. The molecule has 1 atom stereocenters. The Morgan fingerprint density at radius 1 is 1.56 bits per heavy atom. The van der Waals surface area contributed by atoms with Crippen molar-refractivity contribution in [2.75, 3.05) is 13.1 Å². The van der Waals surface area contributed by atoms with E-state index < -0.39 is 0 Å². The van der Waals surface area contributed by atoms with Crippen molar-refractivity contribution in [1.29, 1.82) is 0 Å². The van der Waals surface area contributed by atoms with Gasteiger partial charge in [0.1, 0.15) is 5.69 Å². The summed E-state index contributed by atoms with van der Waals surface area (Å²) in [5.41, 5.74) is 7.40. The van der Waals surface area contributed by atoms with Crippen molar-refractivity contribution in [3.05, 3.63) is 17.5 Å². The minimum Gasteiger partial charge on any atom is -0.333 e. The number of hydrogen-bond acceptors (Lipinski definition) is 3. The molecule has 1 saturated heterocycles. The van der Waals surface area contributed by atoms with Crippen LogP contribution in [0.5, 0.6) is 0 Å². The quantitative estimate of drug-likeness (QED) is 0.868. The Morgan fingerprint density at radius 3 is 2.94 bits per heavy atom. The average Bonchev–Trinajstić information content (AvgIpc) is 2.79. The fraction of sp³-hybridized carbons (Fsp3) is 0.692. The average molecular weight is 250 g/mol. The lowest BCUT2D eigenvalue weighted by Gasteiger charge is -2.34. The molecule has 2 rings (SSSR count). The Hall–Kier alpha value is -1.36. The highest BCUT2D eigenvalue weighted by Gasteiger charge is 2.28. The predicted molar refractivity (Wildman–Crippen MR) is 70.3 cm³/mol. The summed E-state index contributed by atoms with van der Waals surface area (Å²) in [6.07, 6.45) is 4.10. The molecular weight excluding hydrogens is 228 g/mol. The second-order valence-corrected chi connectivity index (χ2v) is 4.88. The molecule has 2 N–H and O–H groups in total. The van der Waals surface area contributed by atoms with Gasteiger partial charge in [0, 0.05) is 26.2 Å². The highest BCUT2D eigenvalue weighted by atomic mass is 16.2. The monoisotopic (exact) mass is 250 g/mol. The third-order valence-electron chi connectivity index (χ3n) is 3.67. The first-order chi connectivity index (χ1) is 8.67. The number of piperidine rings is 1. The van der Waals surface area contributed by atoms with Crippen LogP contribution in [0.25, 0.3) is 0 Å². The molecule has 0 radical (unpaired) electrons. The van der Waals surface area contributed by atoms with E-state index in [0.29, 0.717) is 12.2 Å². The van der Waals surface area contributed by atoms with Crippen LogP contribution >= 0.6 is 0 Å². The number of nitrogens with two attached hydrogens (primary N) is 1. The summed E-state index contributed by atoms with van der Waals surface area (Å²) in [5, 5.41) is 4.33. The van der Waals surface area contributed by atoms with Crippen LogP contribution in [0.4, 0.5) is 0 Å². The van der Waals surface area contributed by atoms with E-state index in [2.05, 4.69) is 5.10 Å². The van der Waals surface area contributed by atoms with Crippen LogP contribution in [0.3, 0.4) is 0 Å². The summed E-state index contributed by atoms with van der Waals surface area (Å²) < 4.78 is 1.68. The highest BCUT2D eigenvalue weighted by Crippen LogP contribution is 2.19. The van der Waals surface area contributed by atoms with Gasteiger partial charge in [0.15, 0.2) is 0 Å². The number of aryl methyl sites for hydroxylation is 2. The summed E-state index contributed by atoms with van der Waals surface area (Å²) in [5.74, 6) is 0.0693. The van der Waals surface area contributed by atoms with Crippen LogP contribution < -0.4 is 5.73 Å². The highest BCUT2D eigenvalue weighted by molar-refractivity contribution is 5.93. The zero-order valence-corrected chi connectivity index (χ0v) is 11.2. The number of likely N-dealkylation sites (tertiary alicyclic amines) is 1. The first-order valence-corrected chi connectivity index (χ1v) is 6.71. The topological polar surface area (TPSA) is 64.2 Å². The predicted octanol–water partition coefficient (Wildman–Crippen LogP) is 0.936. The van der Waals surface area contributed by atoms with E-state index in [9.17, 15) is 4.79 Å². The molecule has 1 unspecified atom stereocenters. The van der Waals surface area contributed by atoms with Gasteiger partial charge in [-0.3, -0.25) is 9.48 Å². The Balaban J connectivity index is 2.20. The van der Waals surface area contributed by atoms with Crippen LogP contribution in [-0.2, 0) is 13.5 Å². The molecule has 1 fully saturated rings. The van der Waals surface area contributed by atoms with Crippen molar-refractivity contribution in [2.24, 2.45) is 12.8 Å². The zero-order valence-electron chi connectivity index (χ0n) is 11.2. The lowest BCUT2D eigenvalue weighted by atomic mass is 10.0. The van der Waals surface area contributed by atoms with Gasteiger partial charge in [-0.25, -0.2) is 0 Å². The molecule has 18 heavy (non-hydrogen) atoms. The molecule has 100 valence electrons. The number of aromatic nitrogens is 2. The Bertz CT molecular complexity index is 427. The van der Waals surface area contributed by atoms with Gasteiger partial charge in [-0.2, -0.15) is 5.10 Å².